The number of pyridine rings is 1. The van der Waals surface area contributed by atoms with Crippen molar-refractivity contribution in [3.8, 4) is 16.9 Å². The largest absolute Gasteiger partial charge is 0.497 e. The van der Waals surface area contributed by atoms with E-state index in [2.05, 4.69) is 0 Å². The summed E-state index contributed by atoms with van der Waals surface area (Å²) in [4.78, 5) is 29.3. The highest BCUT2D eigenvalue weighted by molar-refractivity contribution is 6.30. The summed E-state index contributed by atoms with van der Waals surface area (Å²) >= 11 is 6.20. The average Bonchev–Trinajstić information content (AvgIpc) is 3.36. The fourth-order valence-electron chi connectivity index (χ4n) is 4.93. The van der Waals surface area contributed by atoms with Crippen molar-refractivity contribution >= 4 is 40.1 Å². The van der Waals surface area contributed by atoms with E-state index in [0.717, 1.165) is 38.9 Å². The molecular formula is C30H26ClN3O4. The number of hydrogen-bond acceptors (Lipinski definition) is 5. The van der Waals surface area contributed by atoms with E-state index in [-0.39, 0.29) is 18.7 Å². The standard InChI is InChI=1S/C30H26ClN3O4/c1-18-29(30(19-10-12-21(31)13-11-19)23-8-3-4-9-24(23)32-18)25-17-26(20-6-5-7-22(16-20)38-2)34(33-25)27(35)14-15-28(36)37/h3-13,16,26H,14-15,17H2,1-2H3,(H,36,37). The van der Waals surface area contributed by atoms with E-state index in [1.807, 2.05) is 79.7 Å². The zero-order valence-electron chi connectivity index (χ0n) is 21.0. The highest BCUT2D eigenvalue weighted by Crippen LogP contribution is 2.40. The van der Waals surface area contributed by atoms with E-state index < -0.39 is 12.0 Å². The summed E-state index contributed by atoms with van der Waals surface area (Å²) in [5.74, 6) is -0.715. The highest BCUT2D eigenvalue weighted by atomic mass is 35.5. The third-order valence-electron chi connectivity index (χ3n) is 6.69. The predicted molar refractivity (Wildman–Crippen MR) is 148 cm³/mol. The van der Waals surface area contributed by atoms with Crippen LogP contribution >= 0.6 is 11.6 Å². The van der Waals surface area contributed by atoms with Crippen LogP contribution in [0.25, 0.3) is 22.0 Å². The first kappa shape index (κ1) is 25.4. The van der Waals surface area contributed by atoms with Crippen molar-refractivity contribution in [3.63, 3.8) is 0 Å². The van der Waals surface area contributed by atoms with Gasteiger partial charge in [0.25, 0.3) is 0 Å². The van der Waals surface area contributed by atoms with Crippen molar-refractivity contribution < 1.29 is 19.4 Å². The molecular weight excluding hydrogens is 502 g/mol. The molecule has 38 heavy (non-hydrogen) atoms. The predicted octanol–water partition coefficient (Wildman–Crippen LogP) is 6.41. The second-order valence-electron chi connectivity index (χ2n) is 9.15. The van der Waals surface area contributed by atoms with Gasteiger partial charge < -0.3 is 9.84 Å². The van der Waals surface area contributed by atoms with Crippen LogP contribution in [0.3, 0.4) is 0 Å². The van der Waals surface area contributed by atoms with Crippen molar-refractivity contribution in [2.24, 2.45) is 5.10 Å². The number of carboxylic acid groups (broad SMARTS) is 1. The minimum atomic E-state index is -1.03. The molecule has 4 aromatic rings. The molecule has 5 rings (SSSR count). The number of fused-ring (bicyclic) bond motifs is 1. The second-order valence-corrected chi connectivity index (χ2v) is 9.58. The van der Waals surface area contributed by atoms with Crippen molar-refractivity contribution in [2.45, 2.75) is 32.2 Å². The molecule has 1 aromatic heterocycles. The lowest BCUT2D eigenvalue weighted by atomic mass is 9.89. The Hall–Kier alpha value is -4.23. The van der Waals surface area contributed by atoms with E-state index in [1.54, 1.807) is 7.11 Å². The van der Waals surface area contributed by atoms with Gasteiger partial charge in [-0.15, -0.1) is 0 Å². The maximum absolute atomic E-state index is 13.2. The van der Waals surface area contributed by atoms with Gasteiger partial charge in [-0.1, -0.05) is 54.1 Å². The average molecular weight is 528 g/mol. The maximum atomic E-state index is 13.2. The lowest BCUT2D eigenvalue weighted by Gasteiger charge is -2.22. The molecule has 1 N–H and O–H groups in total. The van der Waals surface area contributed by atoms with Crippen LogP contribution in [0.15, 0.2) is 77.9 Å². The molecule has 0 fully saturated rings. The number of carboxylic acids is 1. The summed E-state index contributed by atoms with van der Waals surface area (Å²) in [7, 11) is 1.59. The minimum absolute atomic E-state index is 0.147. The van der Waals surface area contributed by atoms with Gasteiger partial charge in [-0.25, -0.2) is 5.01 Å². The van der Waals surface area contributed by atoms with Gasteiger partial charge in [0.15, 0.2) is 0 Å². The highest BCUT2D eigenvalue weighted by Gasteiger charge is 2.35. The fourth-order valence-corrected chi connectivity index (χ4v) is 5.06. The molecule has 0 radical (unpaired) electrons. The quantitative estimate of drug-likeness (QED) is 0.299. The number of methoxy groups -OCH3 is 1. The number of hydrazone groups is 1. The summed E-state index contributed by atoms with van der Waals surface area (Å²) in [5, 5.41) is 17.0. The number of aliphatic carboxylic acids is 1. The van der Waals surface area contributed by atoms with Crippen molar-refractivity contribution in [2.75, 3.05) is 7.11 Å². The number of aryl methyl sites for hydroxylation is 1. The molecule has 1 aliphatic heterocycles. The zero-order valence-corrected chi connectivity index (χ0v) is 21.8. The third-order valence-corrected chi connectivity index (χ3v) is 6.94. The molecule has 7 nitrogen and oxygen atoms in total. The molecule has 3 aromatic carbocycles. The lowest BCUT2D eigenvalue weighted by molar-refractivity contribution is -0.141. The molecule has 192 valence electrons. The van der Waals surface area contributed by atoms with Crippen LogP contribution in [0.1, 0.15) is 42.1 Å². The molecule has 8 heteroatoms. The van der Waals surface area contributed by atoms with Gasteiger partial charge in [-0.05, 0) is 48.4 Å². The van der Waals surface area contributed by atoms with E-state index in [4.69, 9.17) is 31.5 Å². The van der Waals surface area contributed by atoms with E-state index >= 15 is 0 Å². The van der Waals surface area contributed by atoms with Crippen LogP contribution in [0.5, 0.6) is 5.75 Å². The first-order valence-electron chi connectivity index (χ1n) is 12.3. The van der Waals surface area contributed by atoms with E-state index in [9.17, 15) is 9.59 Å². The normalized spacial score (nSPS) is 15.0. The fraction of sp³-hybridized carbons (Fsp3) is 0.200. The van der Waals surface area contributed by atoms with Crippen molar-refractivity contribution in [3.05, 3.63) is 94.6 Å². The Balaban J connectivity index is 1.68. The molecule has 1 aliphatic rings. The van der Waals surface area contributed by atoms with Crippen molar-refractivity contribution in [1.82, 2.24) is 9.99 Å². The number of halogens is 1. The SMILES string of the molecule is COc1cccc(C2CC(c3c(C)nc4ccccc4c3-c3ccc(Cl)cc3)=NN2C(=O)CCC(=O)O)c1. The number of ether oxygens (including phenoxy) is 1. The van der Waals surface area contributed by atoms with Crippen LogP contribution < -0.4 is 4.74 Å². The number of hydrogen-bond donors (Lipinski definition) is 1. The molecule has 1 atom stereocenters. The zero-order chi connectivity index (χ0) is 26.8. The Morgan fingerprint density at radius 3 is 2.53 bits per heavy atom. The smallest absolute Gasteiger partial charge is 0.303 e. The lowest BCUT2D eigenvalue weighted by Crippen LogP contribution is -2.27. The number of carbonyl (C=O) groups excluding carboxylic acids is 1. The van der Waals surface area contributed by atoms with Gasteiger partial charge in [0, 0.05) is 40.1 Å². The van der Waals surface area contributed by atoms with Crippen LogP contribution in [0, 0.1) is 6.92 Å². The van der Waals surface area contributed by atoms with Gasteiger partial charge in [0.1, 0.15) is 5.75 Å². The number of amides is 1. The number of aromatic nitrogens is 1. The topological polar surface area (TPSA) is 92.1 Å². The van der Waals surface area contributed by atoms with Crippen LogP contribution in [0.4, 0.5) is 0 Å². The Bertz CT molecular complexity index is 1570. The summed E-state index contributed by atoms with van der Waals surface area (Å²) < 4.78 is 5.42. The first-order valence-corrected chi connectivity index (χ1v) is 12.6. The molecule has 0 aliphatic carbocycles. The van der Waals surface area contributed by atoms with Gasteiger partial charge in [-0.2, -0.15) is 5.10 Å². The number of para-hydroxylation sites is 1. The molecule has 2 heterocycles. The van der Waals surface area contributed by atoms with Gasteiger partial charge in [0.2, 0.25) is 5.91 Å². The first-order chi connectivity index (χ1) is 18.4. The second kappa shape index (κ2) is 10.6. The third kappa shape index (κ3) is 4.97. The number of nitrogens with zero attached hydrogens (tertiary/aromatic N) is 3. The molecule has 0 spiro atoms. The number of rotatable bonds is 7. The monoisotopic (exact) mass is 527 g/mol. The Kier molecular flexibility index (Phi) is 7.11. The molecule has 1 amide bonds. The van der Waals surface area contributed by atoms with Crippen LogP contribution in [0.2, 0.25) is 5.02 Å². The van der Waals surface area contributed by atoms with Crippen LogP contribution in [-0.4, -0.2) is 39.8 Å². The van der Waals surface area contributed by atoms with Gasteiger partial charge >= 0.3 is 5.97 Å². The molecule has 1 unspecified atom stereocenters. The summed E-state index contributed by atoms with van der Waals surface area (Å²) in [6, 6.07) is 22.7. The summed E-state index contributed by atoms with van der Waals surface area (Å²) in [5.41, 5.74) is 5.99. The molecule has 0 saturated heterocycles. The minimum Gasteiger partial charge on any atom is -0.497 e. The Morgan fingerprint density at radius 2 is 1.79 bits per heavy atom. The molecule has 0 bridgehead atoms. The van der Waals surface area contributed by atoms with Crippen molar-refractivity contribution in [1.29, 1.82) is 0 Å². The Labute approximate surface area is 225 Å². The van der Waals surface area contributed by atoms with Crippen LogP contribution in [-0.2, 0) is 9.59 Å². The number of carbonyl (C=O) groups is 2. The van der Waals surface area contributed by atoms with Gasteiger partial charge in [-0.3, -0.25) is 14.6 Å². The maximum Gasteiger partial charge on any atom is 0.303 e. The molecule has 0 saturated carbocycles. The summed E-state index contributed by atoms with van der Waals surface area (Å²) in [6.45, 7) is 1.94. The Morgan fingerprint density at radius 1 is 1.03 bits per heavy atom. The van der Waals surface area contributed by atoms with E-state index in [0.29, 0.717) is 22.9 Å². The van der Waals surface area contributed by atoms with Gasteiger partial charge in [0.05, 0.1) is 30.8 Å². The summed E-state index contributed by atoms with van der Waals surface area (Å²) in [6.07, 6.45) is 0.0244. The number of benzene rings is 3. The van der Waals surface area contributed by atoms with E-state index in [1.165, 1.54) is 5.01 Å².